The van der Waals surface area contributed by atoms with Crippen molar-refractivity contribution in [1.29, 1.82) is 0 Å². The van der Waals surface area contributed by atoms with Gasteiger partial charge in [-0.3, -0.25) is 0 Å². The maximum absolute atomic E-state index is 6.10. The fourth-order valence-electron chi connectivity index (χ4n) is 3.37. The quantitative estimate of drug-likeness (QED) is 0.841. The molecular weight excluding hydrogens is 301 g/mol. The summed E-state index contributed by atoms with van der Waals surface area (Å²) in [5.41, 5.74) is 0.537. The third kappa shape index (κ3) is 3.32. The number of nitrogens with zero attached hydrogens (tertiary/aromatic N) is 2. The molecule has 2 aliphatic rings. The molecule has 0 radical (unpaired) electrons. The summed E-state index contributed by atoms with van der Waals surface area (Å²) in [5.74, 6) is 1.05. The van der Waals surface area contributed by atoms with Crippen molar-refractivity contribution >= 4 is 18.4 Å². The predicted octanol–water partition coefficient (Wildman–Crippen LogP) is 3.31. The molecule has 1 aromatic heterocycles. The predicted molar refractivity (Wildman–Crippen MR) is 100 cm³/mol. The Morgan fingerprint density at radius 2 is 1.62 bits per heavy atom. The van der Waals surface area contributed by atoms with Crippen LogP contribution in [-0.4, -0.2) is 35.4 Å². The summed E-state index contributed by atoms with van der Waals surface area (Å²) in [6.07, 6.45) is 5.66. The summed E-state index contributed by atoms with van der Waals surface area (Å²) >= 11 is 0. The van der Waals surface area contributed by atoms with E-state index in [0.717, 1.165) is 17.8 Å². The Hall–Kier alpha value is -1.11. The third-order valence-electron chi connectivity index (χ3n) is 5.72. The molecule has 5 nitrogen and oxygen atoms in total. The van der Waals surface area contributed by atoms with Crippen LogP contribution in [0.5, 0.6) is 0 Å². The number of hydrogen-bond donors (Lipinski definition) is 1. The third-order valence-corrected chi connectivity index (χ3v) is 5.72. The zero-order chi connectivity index (χ0) is 16.9. The Labute approximate surface area is 146 Å². The molecule has 2 aliphatic heterocycles. The molecule has 0 aliphatic carbocycles. The van der Waals surface area contributed by atoms with Gasteiger partial charge < -0.3 is 20.4 Å². The minimum Gasteiger partial charge on any atom is -0.399 e. The van der Waals surface area contributed by atoms with Crippen molar-refractivity contribution < 1.29 is 9.31 Å². The first-order chi connectivity index (χ1) is 10.6. The second-order valence-electron chi connectivity index (χ2n) is 8.46. The van der Waals surface area contributed by atoms with Crippen molar-refractivity contribution in [3.05, 3.63) is 18.3 Å². The van der Waals surface area contributed by atoms with Gasteiger partial charge in [-0.25, -0.2) is 4.98 Å². The van der Waals surface area contributed by atoms with Crippen LogP contribution in [0.4, 0.5) is 5.82 Å². The smallest absolute Gasteiger partial charge is 0.399 e. The normalized spacial score (nSPS) is 24.6. The lowest BCUT2D eigenvalue weighted by Gasteiger charge is -2.43. The zero-order valence-electron chi connectivity index (χ0n) is 16.1. The molecule has 134 valence electrons. The summed E-state index contributed by atoms with van der Waals surface area (Å²) in [4.78, 5) is 7.13. The highest BCUT2D eigenvalue weighted by Crippen LogP contribution is 2.36. The van der Waals surface area contributed by atoms with E-state index < -0.39 is 0 Å². The Morgan fingerprint density at radius 3 is 2.12 bits per heavy atom. The lowest BCUT2D eigenvalue weighted by atomic mass is 9.80. The maximum atomic E-state index is 6.10. The average Bonchev–Trinajstić information content (AvgIpc) is 2.67. The van der Waals surface area contributed by atoms with Crippen molar-refractivity contribution in [2.45, 2.75) is 77.5 Å². The van der Waals surface area contributed by atoms with E-state index in [-0.39, 0.29) is 30.0 Å². The summed E-state index contributed by atoms with van der Waals surface area (Å²) in [6.45, 7) is 14.0. The van der Waals surface area contributed by atoms with Crippen LogP contribution in [0.2, 0.25) is 0 Å². The largest absolute Gasteiger partial charge is 0.496 e. The van der Waals surface area contributed by atoms with Gasteiger partial charge in [0.25, 0.3) is 0 Å². The number of rotatable bonds is 2. The minimum absolute atomic E-state index is 0. The van der Waals surface area contributed by atoms with Crippen LogP contribution in [-0.2, 0) is 9.31 Å². The highest BCUT2D eigenvalue weighted by atomic mass is 16.7. The average molecular weight is 333 g/mol. The van der Waals surface area contributed by atoms with Crippen LogP contribution in [0.15, 0.2) is 18.3 Å². The molecule has 0 saturated carbocycles. The van der Waals surface area contributed by atoms with Gasteiger partial charge in [0, 0.05) is 23.7 Å². The Morgan fingerprint density at radius 1 is 1.00 bits per heavy atom. The van der Waals surface area contributed by atoms with Gasteiger partial charge in [-0.05, 0) is 66.9 Å². The zero-order valence-corrected chi connectivity index (χ0v) is 16.1. The molecule has 0 aromatic carbocycles. The van der Waals surface area contributed by atoms with Gasteiger partial charge in [-0.2, -0.15) is 0 Å². The second-order valence-corrected chi connectivity index (χ2v) is 8.46. The molecule has 24 heavy (non-hydrogen) atoms. The molecule has 0 spiro atoms. The van der Waals surface area contributed by atoms with E-state index in [1.807, 2.05) is 6.20 Å². The van der Waals surface area contributed by atoms with Crippen LogP contribution in [0.3, 0.4) is 0 Å². The first-order valence-corrected chi connectivity index (χ1v) is 8.72. The lowest BCUT2D eigenvalue weighted by molar-refractivity contribution is 0.00578. The first kappa shape index (κ1) is 19.2. The van der Waals surface area contributed by atoms with Gasteiger partial charge in [0.15, 0.2) is 0 Å². The van der Waals surface area contributed by atoms with Crippen molar-refractivity contribution in [2.75, 3.05) is 11.4 Å². The fraction of sp³-hybridized carbons (Fsp3) is 0.722. The number of aromatic nitrogens is 1. The van der Waals surface area contributed by atoms with Gasteiger partial charge in [-0.15, -0.1) is 0 Å². The van der Waals surface area contributed by atoms with Crippen molar-refractivity contribution in [3.8, 4) is 0 Å². The van der Waals surface area contributed by atoms with E-state index in [0.29, 0.717) is 0 Å². The standard InChI is InChI=1S/C18H29BN2O2.H3N/c1-16(2)11-7-8-12-21(16)15-10-9-14(13-20-15)19-22-17(3,4)18(5,6)23-19;/h9-10,13H,7-8,11-12H2,1-6H3;1H3. The molecule has 2 saturated heterocycles. The molecule has 0 bridgehead atoms. The minimum atomic E-state index is -0.337. The van der Waals surface area contributed by atoms with E-state index in [4.69, 9.17) is 14.3 Å². The van der Waals surface area contributed by atoms with Gasteiger partial charge in [0.05, 0.1) is 11.2 Å². The monoisotopic (exact) mass is 333 g/mol. The molecule has 3 N–H and O–H groups in total. The highest BCUT2D eigenvalue weighted by molar-refractivity contribution is 6.62. The number of piperidine rings is 1. The Balaban J connectivity index is 0.00000208. The van der Waals surface area contributed by atoms with Crippen LogP contribution >= 0.6 is 0 Å². The number of hydrogen-bond acceptors (Lipinski definition) is 5. The van der Waals surface area contributed by atoms with Gasteiger partial charge in [-0.1, -0.05) is 6.07 Å². The van der Waals surface area contributed by atoms with E-state index >= 15 is 0 Å². The van der Waals surface area contributed by atoms with Crippen LogP contribution in [0.1, 0.15) is 60.8 Å². The van der Waals surface area contributed by atoms with E-state index in [9.17, 15) is 0 Å². The van der Waals surface area contributed by atoms with Gasteiger partial charge in [0.2, 0.25) is 0 Å². The lowest BCUT2D eigenvalue weighted by Crippen LogP contribution is -2.48. The molecule has 3 heterocycles. The fourth-order valence-corrected chi connectivity index (χ4v) is 3.37. The molecule has 6 heteroatoms. The maximum Gasteiger partial charge on any atom is 0.496 e. The van der Waals surface area contributed by atoms with E-state index in [1.54, 1.807) is 0 Å². The highest BCUT2D eigenvalue weighted by Gasteiger charge is 2.51. The molecule has 3 rings (SSSR count). The van der Waals surface area contributed by atoms with Gasteiger partial charge >= 0.3 is 7.12 Å². The van der Waals surface area contributed by atoms with E-state index in [1.165, 1.54) is 19.3 Å². The van der Waals surface area contributed by atoms with Crippen molar-refractivity contribution in [1.82, 2.24) is 11.1 Å². The van der Waals surface area contributed by atoms with Crippen LogP contribution in [0, 0.1) is 0 Å². The number of anilines is 1. The van der Waals surface area contributed by atoms with Crippen LogP contribution < -0.4 is 16.5 Å². The first-order valence-electron chi connectivity index (χ1n) is 8.72. The number of pyridine rings is 1. The van der Waals surface area contributed by atoms with Crippen molar-refractivity contribution in [2.24, 2.45) is 0 Å². The molecule has 0 amide bonds. The summed E-state index contributed by atoms with van der Waals surface area (Å²) < 4.78 is 12.2. The molecular formula is C18H32BN3O2. The van der Waals surface area contributed by atoms with Gasteiger partial charge in [0.1, 0.15) is 5.82 Å². The molecule has 2 fully saturated rings. The van der Waals surface area contributed by atoms with Crippen molar-refractivity contribution in [3.63, 3.8) is 0 Å². The summed E-state index contributed by atoms with van der Waals surface area (Å²) in [5, 5.41) is 0. The van der Waals surface area contributed by atoms with Crippen LogP contribution in [0.25, 0.3) is 0 Å². The molecule has 1 aromatic rings. The van der Waals surface area contributed by atoms with E-state index in [2.05, 4.69) is 58.6 Å². The summed E-state index contributed by atoms with van der Waals surface area (Å²) in [7, 11) is -0.337. The molecule has 0 unspecified atom stereocenters. The summed E-state index contributed by atoms with van der Waals surface area (Å²) in [6, 6.07) is 4.20. The Bertz CT molecular complexity index is 556. The topological polar surface area (TPSA) is 69.6 Å². The SMILES string of the molecule is CC1(C)CCCCN1c1ccc(B2OC(C)(C)C(C)(C)O2)cn1.N. The second kappa shape index (κ2) is 6.32. The Kier molecular flexibility index (Phi) is 5.06. The molecule has 0 atom stereocenters.